The smallest absolute Gasteiger partial charge is 0.261 e. The molecule has 1 amide bonds. The lowest BCUT2D eigenvalue weighted by Crippen LogP contribution is -2.34. The van der Waals surface area contributed by atoms with Gasteiger partial charge in [-0.15, -0.1) is 0 Å². The molecule has 0 bridgehead atoms. The summed E-state index contributed by atoms with van der Waals surface area (Å²) >= 11 is 11.1. The summed E-state index contributed by atoms with van der Waals surface area (Å²) in [6.45, 7) is 3.69. The van der Waals surface area contributed by atoms with E-state index < -0.39 is 15.9 Å². The Morgan fingerprint density at radius 1 is 0.935 bits per heavy atom. The second kappa shape index (κ2) is 9.47. The molecule has 9 heteroatoms. The second-order valence-electron chi connectivity index (χ2n) is 6.82. The third kappa shape index (κ3) is 5.81. The van der Waals surface area contributed by atoms with Crippen molar-refractivity contribution in [3.05, 3.63) is 88.4 Å². The number of carbonyl (C=O) groups excluding carboxylic acids is 1. The number of benzene rings is 3. The average Bonchev–Trinajstić information content (AvgIpc) is 2.71. The molecule has 0 unspecified atom stereocenters. The topological polar surface area (TPSA) is 87.3 Å². The molecule has 0 atom stereocenters. The Kier molecular flexibility index (Phi) is 6.94. The van der Waals surface area contributed by atoms with Gasteiger partial charge in [-0.25, -0.2) is 8.42 Å². The van der Waals surface area contributed by atoms with Crippen LogP contribution >= 0.6 is 23.8 Å². The van der Waals surface area contributed by atoms with Crippen molar-refractivity contribution in [1.82, 2.24) is 5.32 Å². The van der Waals surface area contributed by atoms with Gasteiger partial charge in [0.25, 0.3) is 15.9 Å². The molecule has 0 aliphatic rings. The minimum absolute atomic E-state index is 0.0780. The van der Waals surface area contributed by atoms with Gasteiger partial charge in [0.05, 0.1) is 10.6 Å². The van der Waals surface area contributed by atoms with Crippen molar-refractivity contribution in [1.29, 1.82) is 0 Å². The number of sulfonamides is 1. The summed E-state index contributed by atoms with van der Waals surface area (Å²) in [5.74, 6) is -0.406. The highest BCUT2D eigenvalue weighted by Crippen LogP contribution is 2.24. The molecule has 0 radical (unpaired) electrons. The van der Waals surface area contributed by atoms with Crippen LogP contribution in [0.5, 0.6) is 0 Å². The Bertz CT molecular complexity index is 1220. The summed E-state index contributed by atoms with van der Waals surface area (Å²) in [6, 6.07) is 18.1. The number of nitrogens with one attached hydrogen (secondary N) is 3. The number of para-hydroxylation sites is 1. The van der Waals surface area contributed by atoms with Crippen LogP contribution in [0.2, 0.25) is 5.02 Å². The van der Waals surface area contributed by atoms with E-state index >= 15 is 0 Å². The van der Waals surface area contributed by atoms with Crippen LogP contribution in [0.25, 0.3) is 0 Å². The van der Waals surface area contributed by atoms with Crippen molar-refractivity contribution < 1.29 is 13.2 Å². The highest BCUT2D eigenvalue weighted by molar-refractivity contribution is 7.92. The van der Waals surface area contributed by atoms with Gasteiger partial charge in [-0.05, 0) is 79.7 Å². The van der Waals surface area contributed by atoms with Crippen LogP contribution in [-0.2, 0) is 10.0 Å². The lowest BCUT2D eigenvalue weighted by Gasteiger charge is -2.14. The number of anilines is 2. The first kappa shape index (κ1) is 22.7. The van der Waals surface area contributed by atoms with E-state index in [0.29, 0.717) is 22.0 Å². The van der Waals surface area contributed by atoms with Crippen LogP contribution in [0.4, 0.5) is 11.4 Å². The number of hydrogen-bond donors (Lipinski definition) is 3. The zero-order valence-electron chi connectivity index (χ0n) is 16.8. The van der Waals surface area contributed by atoms with Gasteiger partial charge in [-0.3, -0.25) is 14.8 Å². The van der Waals surface area contributed by atoms with Gasteiger partial charge in [0, 0.05) is 16.3 Å². The summed E-state index contributed by atoms with van der Waals surface area (Å²) in [5, 5.41) is 5.93. The quantitative estimate of drug-likeness (QED) is 0.459. The van der Waals surface area contributed by atoms with Crippen LogP contribution in [0, 0.1) is 13.8 Å². The van der Waals surface area contributed by atoms with Gasteiger partial charge in [-0.2, -0.15) is 0 Å². The molecule has 0 aliphatic carbocycles. The Morgan fingerprint density at radius 2 is 1.55 bits per heavy atom. The number of aryl methyl sites for hydroxylation is 2. The van der Waals surface area contributed by atoms with Gasteiger partial charge in [-0.1, -0.05) is 35.9 Å². The first-order chi connectivity index (χ1) is 14.7. The van der Waals surface area contributed by atoms with Crippen molar-refractivity contribution in [3.8, 4) is 0 Å². The third-order valence-corrected chi connectivity index (χ3v) is 6.26. The average molecular weight is 474 g/mol. The molecular formula is C22H20ClN3O3S2. The number of rotatable bonds is 5. The van der Waals surface area contributed by atoms with E-state index in [4.69, 9.17) is 23.8 Å². The van der Waals surface area contributed by atoms with E-state index in [9.17, 15) is 13.2 Å². The molecule has 0 heterocycles. The number of thiocarbonyl (C=S) groups is 1. The summed E-state index contributed by atoms with van der Waals surface area (Å²) in [4.78, 5) is 12.3. The van der Waals surface area contributed by atoms with Crippen LogP contribution < -0.4 is 15.4 Å². The molecule has 3 N–H and O–H groups in total. The minimum Gasteiger partial charge on any atom is -0.332 e. The Morgan fingerprint density at radius 3 is 2.16 bits per heavy atom. The van der Waals surface area contributed by atoms with Gasteiger partial charge < -0.3 is 5.32 Å². The maximum atomic E-state index is 12.7. The normalized spacial score (nSPS) is 10.9. The summed E-state index contributed by atoms with van der Waals surface area (Å²) in [5.41, 5.74) is 3.14. The van der Waals surface area contributed by atoms with Crippen LogP contribution in [0.1, 0.15) is 21.5 Å². The van der Waals surface area contributed by atoms with Crippen molar-refractivity contribution in [2.45, 2.75) is 18.7 Å². The summed E-state index contributed by atoms with van der Waals surface area (Å²) < 4.78 is 28.1. The molecule has 6 nitrogen and oxygen atoms in total. The van der Waals surface area contributed by atoms with Crippen LogP contribution in [-0.4, -0.2) is 19.4 Å². The molecule has 0 spiro atoms. The van der Waals surface area contributed by atoms with Gasteiger partial charge in [0.1, 0.15) is 0 Å². The van der Waals surface area contributed by atoms with E-state index in [1.54, 1.807) is 30.3 Å². The van der Waals surface area contributed by atoms with Crippen LogP contribution in [0.3, 0.4) is 0 Å². The van der Waals surface area contributed by atoms with E-state index in [-0.39, 0.29) is 10.0 Å². The molecule has 0 saturated carbocycles. The fourth-order valence-corrected chi connectivity index (χ4v) is 4.46. The molecule has 160 valence electrons. The molecular weight excluding hydrogens is 454 g/mol. The van der Waals surface area contributed by atoms with Crippen molar-refractivity contribution in [3.63, 3.8) is 0 Å². The maximum absolute atomic E-state index is 12.7. The molecule has 0 aliphatic heterocycles. The minimum atomic E-state index is -3.76. The highest BCUT2D eigenvalue weighted by Gasteiger charge is 2.16. The largest absolute Gasteiger partial charge is 0.332 e. The lowest BCUT2D eigenvalue weighted by atomic mass is 10.1. The van der Waals surface area contributed by atoms with E-state index in [1.165, 1.54) is 18.2 Å². The first-order valence-electron chi connectivity index (χ1n) is 9.23. The third-order valence-electron chi connectivity index (χ3n) is 4.45. The van der Waals surface area contributed by atoms with Gasteiger partial charge >= 0.3 is 0 Å². The van der Waals surface area contributed by atoms with Crippen LogP contribution in [0.15, 0.2) is 71.6 Å². The fourth-order valence-electron chi connectivity index (χ4n) is 2.85. The summed E-state index contributed by atoms with van der Waals surface area (Å²) in [6.07, 6.45) is 0. The van der Waals surface area contributed by atoms with Crippen molar-refractivity contribution in [2.24, 2.45) is 0 Å². The Balaban J connectivity index is 1.67. The monoisotopic (exact) mass is 473 g/mol. The second-order valence-corrected chi connectivity index (χ2v) is 9.34. The molecule has 0 saturated heterocycles. The lowest BCUT2D eigenvalue weighted by molar-refractivity contribution is 0.0977. The Labute approximate surface area is 191 Å². The number of amides is 1. The molecule has 3 aromatic carbocycles. The molecule has 31 heavy (non-hydrogen) atoms. The predicted octanol–water partition coefficient (Wildman–Crippen LogP) is 4.88. The SMILES string of the molecule is Cc1cccc(C)c1NS(=O)(=O)c1ccc(NC(=S)NC(=O)c2cccc(Cl)c2)cc1. The van der Waals surface area contributed by atoms with E-state index in [2.05, 4.69) is 15.4 Å². The van der Waals surface area contributed by atoms with E-state index in [1.807, 2.05) is 32.0 Å². The first-order valence-corrected chi connectivity index (χ1v) is 11.5. The maximum Gasteiger partial charge on any atom is 0.261 e. The standard InChI is InChI=1S/C22H20ClN3O3S2/c1-14-5-3-6-15(2)20(14)26-31(28,29)19-11-9-18(10-12-19)24-22(30)25-21(27)16-7-4-8-17(23)13-16/h3-13,26H,1-2H3,(H2,24,25,27,30). The van der Waals surface area contributed by atoms with Crippen molar-refractivity contribution >= 4 is 56.2 Å². The number of hydrogen-bond acceptors (Lipinski definition) is 4. The predicted molar refractivity (Wildman–Crippen MR) is 128 cm³/mol. The molecule has 3 rings (SSSR count). The fraction of sp³-hybridized carbons (Fsp3) is 0.0909. The van der Waals surface area contributed by atoms with E-state index in [0.717, 1.165) is 11.1 Å². The Hall–Kier alpha value is -2.94. The zero-order chi connectivity index (χ0) is 22.6. The number of carbonyl (C=O) groups is 1. The number of halogens is 1. The van der Waals surface area contributed by atoms with Gasteiger partial charge in [0.2, 0.25) is 0 Å². The highest BCUT2D eigenvalue weighted by atomic mass is 35.5. The summed E-state index contributed by atoms with van der Waals surface area (Å²) in [7, 11) is -3.76. The van der Waals surface area contributed by atoms with Crippen molar-refractivity contribution in [2.75, 3.05) is 10.0 Å². The molecule has 3 aromatic rings. The molecule has 0 aromatic heterocycles. The molecule has 0 fully saturated rings. The zero-order valence-corrected chi connectivity index (χ0v) is 19.2. The van der Waals surface area contributed by atoms with Gasteiger partial charge in [0.15, 0.2) is 5.11 Å².